The molecule has 6 nitrogen and oxygen atoms in total. The summed E-state index contributed by atoms with van der Waals surface area (Å²) >= 11 is 1.21. The van der Waals surface area contributed by atoms with Crippen molar-refractivity contribution in [2.24, 2.45) is 0 Å². The Hall–Kier alpha value is -2.61. The summed E-state index contributed by atoms with van der Waals surface area (Å²) in [6.07, 6.45) is 0. The number of benzene rings is 2. The fraction of sp³-hybridized carbons (Fsp3) is 0.133. The lowest BCUT2D eigenvalue weighted by atomic mass is 10.2. The first-order valence-corrected chi connectivity index (χ1v) is 7.56. The van der Waals surface area contributed by atoms with Crippen LogP contribution in [0.25, 0.3) is 0 Å². The third-order valence-electron chi connectivity index (χ3n) is 2.87. The zero-order valence-corrected chi connectivity index (χ0v) is 12.7. The van der Waals surface area contributed by atoms with Gasteiger partial charge in [-0.2, -0.15) is 0 Å². The van der Waals surface area contributed by atoms with Crippen LogP contribution in [0.2, 0.25) is 0 Å². The van der Waals surface area contributed by atoms with Gasteiger partial charge in [0.25, 0.3) is 5.69 Å². The molecule has 0 unspecified atom stereocenters. The van der Waals surface area contributed by atoms with Crippen LogP contribution in [0, 0.1) is 15.9 Å². The molecule has 0 aliphatic rings. The van der Waals surface area contributed by atoms with Crippen molar-refractivity contribution in [3.8, 4) is 0 Å². The van der Waals surface area contributed by atoms with Crippen molar-refractivity contribution in [3.63, 3.8) is 0 Å². The molecule has 0 atom stereocenters. The van der Waals surface area contributed by atoms with Crippen LogP contribution in [0.4, 0.5) is 15.8 Å². The Labute approximate surface area is 135 Å². The summed E-state index contributed by atoms with van der Waals surface area (Å²) in [7, 11) is 0. The second-order valence-electron chi connectivity index (χ2n) is 4.45. The molecule has 0 saturated carbocycles. The molecule has 0 spiro atoms. The van der Waals surface area contributed by atoms with Crippen LogP contribution in [-0.2, 0) is 4.74 Å². The fourth-order valence-corrected chi connectivity index (χ4v) is 2.53. The van der Waals surface area contributed by atoms with Gasteiger partial charge in [-0.3, -0.25) is 10.1 Å². The highest BCUT2D eigenvalue weighted by Crippen LogP contribution is 2.23. The van der Waals surface area contributed by atoms with E-state index in [1.807, 2.05) is 0 Å². The first-order chi connectivity index (χ1) is 11.0. The Kier molecular flexibility index (Phi) is 5.53. The van der Waals surface area contributed by atoms with E-state index in [4.69, 9.17) is 10.5 Å². The van der Waals surface area contributed by atoms with E-state index in [1.165, 1.54) is 30.0 Å². The molecule has 0 aromatic heterocycles. The molecule has 0 fully saturated rings. The van der Waals surface area contributed by atoms with Gasteiger partial charge < -0.3 is 10.5 Å². The predicted molar refractivity (Wildman–Crippen MR) is 84.9 cm³/mol. The van der Waals surface area contributed by atoms with Crippen molar-refractivity contribution in [2.45, 2.75) is 4.90 Å². The lowest BCUT2D eigenvalue weighted by Gasteiger charge is -2.06. The van der Waals surface area contributed by atoms with Crippen molar-refractivity contribution in [1.29, 1.82) is 0 Å². The van der Waals surface area contributed by atoms with Crippen LogP contribution >= 0.6 is 11.8 Å². The van der Waals surface area contributed by atoms with E-state index in [0.717, 1.165) is 6.07 Å². The van der Waals surface area contributed by atoms with Crippen molar-refractivity contribution in [1.82, 2.24) is 0 Å². The van der Waals surface area contributed by atoms with Crippen LogP contribution < -0.4 is 5.73 Å². The lowest BCUT2D eigenvalue weighted by molar-refractivity contribution is -0.383. The van der Waals surface area contributed by atoms with Crippen molar-refractivity contribution < 1.29 is 18.8 Å². The third-order valence-corrected chi connectivity index (χ3v) is 3.89. The van der Waals surface area contributed by atoms with Gasteiger partial charge in [-0.1, -0.05) is 12.1 Å². The van der Waals surface area contributed by atoms with E-state index >= 15 is 0 Å². The van der Waals surface area contributed by atoms with E-state index in [9.17, 15) is 19.3 Å². The number of thioether (sulfide) groups is 1. The lowest BCUT2D eigenvalue weighted by Crippen LogP contribution is -2.09. The van der Waals surface area contributed by atoms with Gasteiger partial charge in [0, 0.05) is 16.7 Å². The number of nitrogen functional groups attached to an aromatic ring is 1. The van der Waals surface area contributed by atoms with Crippen LogP contribution in [-0.4, -0.2) is 23.3 Å². The van der Waals surface area contributed by atoms with Gasteiger partial charge in [0.1, 0.15) is 18.1 Å². The molecule has 2 aromatic rings. The zero-order valence-electron chi connectivity index (χ0n) is 11.9. The van der Waals surface area contributed by atoms with Crippen LogP contribution in [0.1, 0.15) is 10.4 Å². The molecule has 2 rings (SSSR count). The Morgan fingerprint density at radius 3 is 2.74 bits per heavy atom. The minimum absolute atomic E-state index is 0.0262. The van der Waals surface area contributed by atoms with Gasteiger partial charge in [0.05, 0.1) is 10.5 Å². The van der Waals surface area contributed by atoms with E-state index in [2.05, 4.69) is 0 Å². The molecule has 0 saturated heterocycles. The highest BCUT2D eigenvalue weighted by Gasteiger charge is 2.16. The second kappa shape index (κ2) is 7.59. The standard InChI is InChI=1S/C15H13FN2O4S/c16-11-3-1-2-4-14(11)23-8-7-22-15(19)10-5-6-12(17)13(9-10)18(20)21/h1-6,9H,7-8,17H2. The van der Waals surface area contributed by atoms with Gasteiger partial charge >= 0.3 is 5.97 Å². The first-order valence-electron chi connectivity index (χ1n) is 6.57. The summed E-state index contributed by atoms with van der Waals surface area (Å²) in [5, 5.41) is 10.8. The number of ether oxygens (including phenoxy) is 1. The molecule has 0 bridgehead atoms. The smallest absolute Gasteiger partial charge is 0.338 e. The minimum Gasteiger partial charge on any atom is -0.461 e. The van der Waals surface area contributed by atoms with E-state index in [-0.39, 0.29) is 29.4 Å². The first kappa shape index (κ1) is 16.8. The average molecular weight is 336 g/mol. The van der Waals surface area contributed by atoms with Crippen molar-refractivity contribution in [3.05, 3.63) is 64.0 Å². The summed E-state index contributed by atoms with van der Waals surface area (Å²) < 4.78 is 18.4. The Morgan fingerprint density at radius 1 is 1.30 bits per heavy atom. The maximum atomic E-state index is 13.4. The summed E-state index contributed by atoms with van der Waals surface area (Å²) in [6.45, 7) is 0.0516. The number of carbonyl (C=O) groups excluding carboxylic acids is 1. The number of carbonyl (C=O) groups is 1. The Morgan fingerprint density at radius 2 is 2.04 bits per heavy atom. The zero-order chi connectivity index (χ0) is 16.8. The Balaban J connectivity index is 1.89. The number of nitro groups is 1. The SMILES string of the molecule is Nc1ccc(C(=O)OCCSc2ccccc2F)cc1[N+](=O)[O-]. The van der Waals surface area contributed by atoms with E-state index in [1.54, 1.807) is 18.2 Å². The van der Waals surface area contributed by atoms with E-state index < -0.39 is 10.9 Å². The molecule has 0 amide bonds. The third kappa shape index (κ3) is 4.43. The number of nitrogens with two attached hydrogens (primary N) is 1. The van der Waals surface area contributed by atoms with Crippen LogP contribution in [0.5, 0.6) is 0 Å². The number of esters is 1. The van der Waals surface area contributed by atoms with Crippen LogP contribution in [0.3, 0.4) is 0 Å². The van der Waals surface area contributed by atoms with Crippen molar-refractivity contribution >= 4 is 29.1 Å². The van der Waals surface area contributed by atoms with Gasteiger partial charge in [0.15, 0.2) is 0 Å². The van der Waals surface area contributed by atoms with E-state index in [0.29, 0.717) is 10.6 Å². The molecule has 2 N–H and O–H groups in total. The maximum Gasteiger partial charge on any atom is 0.338 e. The van der Waals surface area contributed by atoms with Gasteiger partial charge in [0.2, 0.25) is 0 Å². The quantitative estimate of drug-likeness (QED) is 0.217. The molecular weight excluding hydrogens is 323 g/mol. The highest BCUT2D eigenvalue weighted by molar-refractivity contribution is 7.99. The maximum absolute atomic E-state index is 13.4. The largest absolute Gasteiger partial charge is 0.461 e. The predicted octanol–water partition coefficient (Wildman–Crippen LogP) is 3.27. The highest BCUT2D eigenvalue weighted by atomic mass is 32.2. The van der Waals surface area contributed by atoms with Gasteiger partial charge in [-0.25, -0.2) is 9.18 Å². The number of hydrogen-bond donors (Lipinski definition) is 1. The summed E-state index contributed by atoms with van der Waals surface area (Å²) in [5.74, 6) is -0.663. The monoisotopic (exact) mass is 336 g/mol. The van der Waals surface area contributed by atoms with Gasteiger partial charge in [-0.15, -0.1) is 11.8 Å². The molecule has 0 aliphatic carbocycles. The molecule has 0 aliphatic heterocycles. The summed E-state index contributed by atoms with van der Waals surface area (Å²) in [5.41, 5.74) is 5.13. The fourth-order valence-electron chi connectivity index (χ4n) is 1.76. The molecule has 120 valence electrons. The number of nitrogens with zero attached hydrogens (tertiary/aromatic N) is 1. The van der Waals surface area contributed by atoms with Gasteiger partial charge in [-0.05, 0) is 24.3 Å². The summed E-state index contributed by atoms with van der Waals surface area (Å²) in [4.78, 5) is 22.4. The van der Waals surface area contributed by atoms with Crippen LogP contribution in [0.15, 0.2) is 47.4 Å². The number of halogens is 1. The molecular formula is C15H13FN2O4S. The number of nitro benzene ring substituents is 1. The molecule has 0 radical (unpaired) electrons. The number of rotatable bonds is 6. The average Bonchev–Trinajstić information content (AvgIpc) is 2.53. The Bertz CT molecular complexity index is 739. The molecule has 2 aromatic carbocycles. The molecule has 8 heteroatoms. The number of hydrogen-bond acceptors (Lipinski definition) is 6. The second-order valence-corrected chi connectivity index (χ2v) is 5.58. The topological polar surface area (TPSA) is 95.5 Å². The normalized spacial score (nSPS) is 10.3. The molecule has 23 heavy (non-hydrogen) atoms. The summed E-state index contributed by atoms with van der Waals surface area (Å²) in [6, 6.07) is 9.99. The number of anilines is 1. The van der Waals surface area contributed by atoms with Crippen molar-refractivity contribution in [2.75, 3.05) is 18.1 Å². The molecule has 0 heterocycles. The minimum atomic E-state index is -0.692.